The summed E-state index contributed by atoms with van der Waals surface area (Å²) >= 11 is 0. The number of benzene rings is 2. The Morgan fingerprint density at radius 3 is 1.81 bits per heavy atom. The molecule has 0 saturated carbocycles. The van der Waals surface area contributed by atoms with Crippen molar-refractivity contribution in [2.24, 2.45) is 0 Å². The number of aromatic nitrogens is 1. The van der Waals surface area contributed by atoms with Crippen LogP contribution in [0, 0.1) is 13.8 Å². The molecule has 138 valence electrons. The monoisotopic (exact) mass is 358 g/mol. The lowest BCUT2D eigenvalue weighted by Gasteiger charge is -2.28. The number of hydrogen-bond donors (Lipinski definition) is 0. The number of amides is 1. The van der Waals surface area contributed by atoms with Crippen LogP contribution in [0.5, 0.6) is 0 Å². The third kappa shape index (κ3) is 5.04. The van der Waals surface area contributed by atoms with Crippen molar-refractivity contribution < 1.29 is 4.79 Å². The molecule has 0 aliphatic carbocycles. The van der Waals surface area contributed by atoms with Crippen LogP contribution < -0.4 is 0 Å². The van der Waals surface area contributed by atoms with Gasteiger partial charge in [-0.25, -0.2) is 0 Å². The van der Waals surface area contributed by atoms with Gasteiger partial charge in [-0.3, -0.25) is 9.78 Å². The van der Waals surface area contributed by atoms with Crippen LogP contribution in [-0.2, 0) is 12.8 Å². The zero-order valence-electron chi connectivity index (χ0n) is 16.2. The van der Waals surface area contributed by atoms with E-state index in [0.29, 0.717) is 5.69 Å². The van der Waals surface area contributed by atoms with Gasteiger partial charge in [-0.1, -0.05) is 65.7 Å². The van der Waals surface area contributed by atoms with Crippen molar-refractivity contribution in [2.45, 2.75) is 32.7 Å². The number of carbonyl (C=O) groups excluding carboxylic acids is 1. The molecule has 1 heterocycles. The molecule has 27 heavy (non-hydrogen) atoms. The molecule has 0 aliphatic rings. The summed E-state index contributed by atoms with van der Waals surface area (Å²) < 4.78 is 0. The van der Waals surface area contributed by atoms with Crippen molar-refractivity contribution in [3.63, 3.8) is 0 Å². The zero-order valence-corrected chi connectivity index (χ0v) is 16.2. The van der Waals surface area contributed by atoms with Crippen LogP contribution in [0.2, 0.25) is 0 Å². The molecule has 0 fully saturated rings. The minimum Gasteiger partial charge on any atom is -0.337 e. The van der Waals surface area contributed by atoms with Gasteiger partial charge in [0.25, 0.3) is 5.91 Å². The number of rotatable bonds is 6. The predicted octanol–water partition coefficient (Wildman–Crippen LogP) is 4.62. The molecule has 0 atom stereocenters. The molecule has 0 bridgehead atoms. The molecule has 3 nitrogen and oxygen atoms in total. The van der Waals surface area contributed by atoms with E-state index in [4.69, 9.17) is 0 Å². The van der Waals surface area contributed by atoms with Gasteiger partial charge in [0.15, 0.2) is 0 Å². The first-order chi connectivity index (χ1) is 13.0. The third-order valence-corrected chi connectivity index (χ3v) is 4.94. The molecule has 3 aromatic rings. The summed E-state index contributed by atoms with van der Waals surface area (Å²) in [5, 5.41) is 0. The van der Waals surface area contributed by atoms with Gasteiger partial charge in [-0.05, 0) is 49.9 Å². The lowest BCUT2D eigenvalue weighted by Crippen LogP contribution is -2.40. The van der Waals surface area contributed by atoms with E-state index in [1.165, 1.54) is 22.3 Å². The zero-order chi connectivity index (χ0) is 19.2. The third-order valence-electron chi connectivity index (χ3n) is 4.94. The Hall–Kier alpha value is -2.94. The average molecular weight is 358 g/mol. The van der Waals surface area contributed by atoms with Crippen LogP contribution in [0.15, 0.2) is 72.9 Å². The Labute approximate surface area is 161 Å². The summed E-state index contributed by atoms with van der Waals surface area (Å²) in [5.74, 6) is -0.0418. The fourth-order valence-corrected chi connectivity index (χ4v) is 3.17. The van der Waals surface area contributed by atoms with Crippen molar-refractivity contribution in [2.75, 3.05) is 7.05 Å². The van der Waals surface area contributed by atoms with E-state index in [2.05, 4.69) is 67.4 Å². The number of likely N-dealkylation sites (N-methyl/N-ethyl adjacent to an activating group) is 1. The minimum absolute atomic E-state index is 0.0418. The molecule has 0 aliphatic heterocycles. The van der Waals surface area contributed by atoms with E-state index in [0.717, 1.165) is 12.8 Å². The maximum Gasteiger partial charge on any atom is 0.272 e. The number of pyridine rings is 1. The lowest BCUT2D eigenvalue weighted by molar-refractivity contribution is 0.0724. The van der Waals surface area contributed by atoms with Crippen LogP contribution in [0.3, 0.4) is 0 Å². The number of aryl methyl sites for hydroxylation is 2. The SMILES string of the molecule is Cc1ccc(CC(Cc2ccc(C)cc2)N(C)C(=O)c2ccccn2)cc1. The quantitative estimate of drug-likeness (QED) is 0.644. The Morgan fingerprint density at radius 2 is 1.37 bits per heavy atom. The van der Waals surface area contributed by atoms with Crippen molar-refractivity contribution in [3.8, 4) is 0 Å². The molecule has 0 N–H and O–H groups in total. The molecule has 0 spiro atoms. The number of carbonyl (C=O) groups is 1. The molecule has 0 unspecified atom stereocenters. The maximum absolute atomic E-state index is 12.9. The normalized spacial score (nSPS) is 10.8. The van der Waals surface area contributed by atoms with E-state index in [9.17, 15) is 4.79 Å². The van der Waals surface area contributed by atoms with Gasteiger partial charge in [0.2, 0.25) is 0 Å². The van der Waals surface area contributed by atoms with E-state index in [1.54, 1.807) is 12.3 Å². The summed E-state index contributed by atoms with van der Waals surface area (Å²) in [6, 6.07) is 22.6. The Kier molecular flexibility index (Phi) is 6.02. The Bertz CT molecular complexity index is 823. The Balaban J connectivity index is 1.84. The van der Waals surface area contributed by atoms with Crippen molar-refractivity contribution in [3.05, 3.63) is 101 Å². The molecular weight excluding hydrogens is 332 g/mol. The van der Waals surface area contributed by atoms with Gasteiger partial charge in [0, 0.05) is 19.3 Å². The van der Waals surface area contributed by atoms with E-state index >= 15 is 0 Å². The average Bonchev–Trinajstić information content (AvgIpc) is 2.70. The highest BCUT2D eigenvalue weighted by Crippen LogP contribution is 2.17. The molecule has 3 rings (SSSR count). The van der Waals surface area contributed by atoms with Crippen LogP contribution in [0.4, 0.5) is 0 Å². The summed E-state index contributed by atoms with van der Waals surface area (Å²) in [4.78, 5) is 19.0. The van der Waals surface area contributed by atoms with Gasteiger partial charge >= 0.3 is 0 Å². The highest BCUT2D eigenvalue weighted by Gasteiger charge is 2.22. The predicted molar refractivity (Wildman–Crippen MR) is 110 cm³/mol. The standard InChI is InChI=1S/C24H26N2O/c1-18-7-11-20(12-8-18)16-22(17-21-13-9-19(2)10-14-21)26(3)24(27)23-6-4-5-15-25-23/h4-15,22H,16-17H2,1-3H3. The van der Waals surface area contributed by atoms with Gasteiger partial charge in [-0.15, -0.1) is 0 Å². The van der Waals surface area contributed by atoms with Crippen molar-refractivity contribution in [1.82, 2.24) is 9.88 Å². The van der Waals surface area contributed by atoms with E-state index < -0.39 is 0 Å². The van der Waals surface area contributed by atoms with Gasteiger partial charge < -0.3 is 4.90 Å². The largest absolute Gasteiger partial charge is 0.337 e. The fourth-order valence-electron chi connectivity index (χ4n) is 3.17. The highest BCUT2D eigenvalue weighted by molar-refractivity contribution is 5.92. The highest BCUT2D eigenvalue weighted by atomic mass is 16.2. The topological polar surface area (TPSA) is 33.2 Å². The van der Waals surface area contributed by atoms with E-state index in [-0.39, 0.29) is 11.9 Å². The number of nitrogens with zero attached hydrogens (tertiary/aromatic N) is 2. The molecule has 0 radical (unpaired) electrons. The second-order valence-electron chi connectivity index (χ2n) is 7.16. The van der Waals surface area contributed by atoms with Crippen LogP contribution in [-0.4, -0.2) is 28.9 Å². The van der Waals surface area contributed by atoms with Crippen LogP contribution in [0.1, 0.15) is 32.7 Å². The smallest absolute Gasteiger partial charge is 0.272 e. The summed E-state index contributed by atoms with van der Waals surface area (Å²) in [7, 11) is 1.88. The molecular formula is C24H26N2O. The first-order valence-electron chi connectivity index (χ1n) is 9.32. The minimum atomic E-state index is -0.0418. The molecule has 1 aromatic heterocycles. The van der Waals surface area contributed by atoms with Crippen LogP contribution in [0.25, 0.3) is 0 Å². The maximum atomic E-state index is 12.9. The second-order valence-corrected chi connectivity index (χ2v) is 7.16. The fraction of sp³-hybridized carbons (Fsp3) is 0.250. The van der Waals surface area contributed by atoms with Crippen molar-refractivity contribution in [1.29, 1.82) is 0 Å². The molecule has 3 heteroatoms. The number of hydrogen-bond acceptors (Lipinski definition) is 2. The summed E-state index contributed by atoms with van der Waals surface area (Å²) in [6.07, 6.45) is 3.28. The summed E-state index contributed by atoms with van der Waals surface area (Å²) in [6.45, 7) is 4.18. The summed E-state index contributed by atoms with van der Waals surface area (Å²) in [5.41, 5.74) is 5.44. The molecule has 0 saturated heterocycles. The Morgan fingerprint density at radius 1 is 0.852 bits per heavy atom. The first kappa shape index (κ1) is 18.8. The van der Waals surface area contributed by atoms with Gasteiger partial charge in [0.05, 0.1) is 0 Å². The first-order valence-corrected chi connectivity index (χ1v) is 9.32. The van der Waals surface area contributed by atoms with Crippen LogP contribution >= 0.6 is 0 Å². The van der Waals surface area contributed by atoms with Crippen molar-refractivity contribution >= 4 is 5.91 Å². The van der Waals surface area contributed by atoms with Gasteiger partial charge in [0.1, 0.15) is 5.69 Å². The van der Waals surface area contributed by atoms with E-state index in [1.807, 2.05) is 24.1 Å². The molecule has 2 aromatic carbocycles. The molecule has 1 amide bonds. The lowest BCUT2D eigenvalue weighted by atomic mass is 9.96. The van der Waals surface area contributed by atoms with Gasteiger partial charge in [-0.2, -0.15) is 0 Å². The second kappa shape index (κ2) is 8.63.